The molecular weight excluding hydrogens is 673 g/mol. The molecule has 0 aliphatic heterocycles. The number of ether oxygens (including phenoxy) is 2. The van der Waals surface area contributed by atoms with Crippen LogP contribution in [0.25, 0.3) is 0 Å². The number of nitrogens with zero attached hydrogens (tertiary/aromatic N) is 2. The number of alkyl carbamates (subject to hydrolysis) is 2. The molecule has 8 nitrogen and oxygen atoms in total. The van der Waals surface area contributed by atoms with Crippen LogP contribution in [0.15, 0.2) is 4.99 Å². The van der Waals surface area contributed by atoms with E-state index < -0.39 is 23.4 Å². The average molecular weight is 766 g/mol. The highest BCUT2D eigenvalue weighted by Crippen LogP contribution is 2.17. The van der Waals surface area contributed by atoms with E-state index in [2.05, 4.69) is 36.5 Å². The molecule has 0 saturated carbocycles. The van der Waals surface area contributed by atoms with Gasteiger partial charge in [-0.05, 0) is 67.2 Å². The second-order valence-corrected chi connectivity index (χ2v) is 18.5. The van der Waals surface area contributed by atoms with Gasteiger partial charge in [-0.15, -0.1) is 0 Å². The molecule has 0 aliphatic rings. The smallest absolute Gasteiger partial charge is 0.414 e. The molecule has 0 aromatic rings. The highest BCUT2D eigenvalue weighted by atomic mass is 16.6. The summed E-state index contributed by atoms with van der Waals surface area (Å²) in [5, 5.41) is 5.28. The summed E-state index contributed by atoms with van der Waals surface area (Å²) in [7, 11) is 2.36. The van der Waals surface area contributed by atoms with Gasteiger partial charge in [0, 0.05) is 0 Å². The number of likely N-dealkylation sites (N-methyl/N-ethyl adjacent to an activating group) is 1. The minimum Gasteiger partial charge on any atom is -0.444 e. The van der Waals surface area contributed by atoms with E-state index in [-0.39, 0.29) is 5.96 Å². The number of unbranched alkanes of at least 4 members (excludes halogenated alkanes) is 26. The molecule has 0 aliphatic carbocycles. The lowest BCUT2D eigenvalue weighted by molar-refractivity contribution is -0.908. The van der Waals surface area contributed by atoms with Crippen molar-refractivity contribution in [3.05, 3.63) is 0 Å². The van der Waals surface area contributed by atoms with Crippen molar-refractivity contribution in [2.75, 3.05) is 33.2 Å². The van der Waals surface area contributed by atoms with Crippen molar-refractivity contribution in [2.24, 2.45) is 4.99 Å². The fourth-order valence-electron chi connectivity index (χ4n) is 7.03. The molecule has 0 saturated heterocycles. The highest BCUT2D eigenvalue weighted by Gasteiger charge is 2.23. The van der Waals surface area contributed by atoms with Crippen LogP contribution in [0.5, 0.6) is 0 Å². The topological polar surface area (TPSA) is 89.0 Å². The molecule has 0 unspecified atom stereocenters. The van der Waals surface area contributed by atoms with Crippen LogP contribution >= 0.6 is 0 Å². The monoisotopic (exact) mass is 766 g/mol. The molecular formula is C46H93N4O4+. The van der Waals surface area contributed by atoms with Gasteiger partial charge in [0.15, 0.2) is 0 Å². The Morgan fingerprint density at radius 3 is 0.963 bits per heavy atom. The van der Waals surface area contributed by atoms with E-state index in [1.165, 1.54) is 180 Å². The molecule has 0 aromatic carbocycles. The predicted molar refractivity (Wildman–Crippen MR) is 232 cm³/mol. The van der Waals surface area contributed by atoms with Crippen LogP contribution < -0.4 is 10.6 Å². The van der Waals surface area contributed by atoms with E-state index in [4.69, 9.17) is 9.47 Å². The lowest BCUT2D eigenvalue weighted by atomic mass is 10.0. The average Bonchev–Trinajstić information content (AvgIpc) is 3.07. The normalized spacial score (nSPS) is 12.1. The summed E-state index contributed by atoms with van der Waals surface area (Å²) >= 11 is 0. The van der Waals surface area contributed by atoms with Crippen LogP contribution in [0, 0.1) is 0 Å². The first-order valence-electron chi connectivity index (χ1n) is 23.1. The van der Waals surface area contributed by atoms with E-state index in [1.54, 1.807) is 0 Å². The number of rotatable bonds is 33. The van der Waals surface area contributed by atoms with Gasteiger partial charge in [0.05, 0.1) is 33.2 Å². The number of hydrogen-bond donors (Lipinski definition) is 2. The number of guanidine groups is 1. The molecule has 8 heteroatoms. The van der Waals surface area contributed by atoms with E-state index in [9.17, 15) is 9.59 Å². The molecule has 0 rings (SSSR count). The van der Waals surface area contributed by atoms with Gasteiger partial charge in [-0.25, -0.2) is 14.6 Å². The van der Waals surface area contributed by atoms with Crippen molar-refractivity contribution in [3.63, 3.8) is 0 Å². The summed E-state index contributed by atoms with van der Waals surface area (Å²) in [6.45, 7) is 19.0. The Hall–Kier alpha value is -1.83. The van der Waals surface area contributed by atoms with Crippen LogP contribution in [-0.4, -0.2) is 67.1 Å². The second-order valence-electron chi connectivity index (χ2n) is 18.5. The molecule has 2 amide bonds. The largest absolute Gasteiger partial charge is 0.444 e. The van der Waals surface area contributed by atoms with Gasteiger partial charge in [0.25, 0.3) is 0 Å². The summed E-state index contributed by atoms with van der Waals surface area (Å²) in [6, 6.07) is 0. The molecule has 0 radical (unpaired) electrons. The third-order valence-corrected chi connectivity index (χ3v) is 10.3. The quantitative estimate of drug-likeness (QED) is 0.0301. The van der Waals surface area contributed by atoms with Crippen LogP contribution in [0.4, 0.5) is 9.59 Å². The number of carbonyl (C=O) groups excluding carboxylic acids is 2. The van der Waals surface area contributed by atoms with Crippen LogP contribution in [0.2, 0.25) is 0 Å². The molecule has 0 bridgehead atoms. The number of nitrogens with one attached hydrogen (secondary N) is 2. The van der Waals surface area contributed by atoms with Gasteiger partial charge >= 0.3 is 12.2 Å². The molecule has 0 heterocycles. The molecule has 0 aromatic heterocycles. The maximum atomic E-state index is 12.6. The summed E-state index contributed by atoms with van der Waals surface area (Å²) in [5.41, 5.74) is -1.34. The molecule has 320 valence electrons. The van der Waals surface area contributed by atoms with Crippen molar-refractivity contribution in [1.29, 1.82) is 0 Å². The summed E-state index contributed by atoms with van der Waals surface area (Å²) in [5.74, 6) is 0.0676. The SMILES string of the molecule is CCCCCCCCCCCCCCCC[N+](C)(CCCCCCCCCCCCCCCC)CCN=C(NC(=O)OC(C)(C)C)NC(=O)OC(C)(C)C. The van der Waals surface area contributed by atoms with Gasteiger partial charge in [-0.1, -0.05) is 168 Å². The van der Waals surface area contributed by atoms with Crippen LogP contribution in [0.1, 0.15) is 235 Å². The third-order valence-electron chi connectivity index (χ3n) is 10.3. The molecule has 0 atom stereocenters. The van der Waals surface area contributed by atoms with Crippen molar-refractivity contribution in [2.45, 2.75) is 246 Å². The summed E-state index contributed by atoms with van der Waals surface area (Å²) in [4.78, 5) is 29.9. The van der Waals surface area contributed by atoms with Crippen LogP contribution in [-0.2, 0) is 9.47 Å². The fraction of sp³-hybridized carbons (Fsp3) is 0.935. The van der Waals surface area contributed by atoms with E-state index in [1.807, 2.05) is 41.5 Å². The zero-order valence-electron chi connectivity index (χ0n) is 37.7. The van der Waals surface area contributed by atoms with Crippen molar-refractivity contribution in [3.8, 4) is 0 Å². The maximum absolute atomic E-state index is 12.6. The molecule has 0 fully saturated rings. The Balaban J connectivity index is 4.94. The highest BCUT2D eigenvalue weighted by molar-refractivity contribution is 6.01. The third kappa shape index (κ3) is 37.1. The lowest BCUT2D eigenvalue weighted by Gasteiger charge is -2.34. The van der Waals surface area contributed by atoms with Crippen molar-refractivity contribution < 1.29 is 23.5 Å². The first-order valence-corrected chi connectivity index (χ1v) is 23.1. The molecule has 2 N–H and O–H groups in total. The lowest BCUT2D eigenvalue weighted by Crippen LogP contribution is -2.49. The number of aliphatic imine (C=N–C) groups is 1. The standard InChI is InChI=1S/C46H92N4O4/c1-10-12-14-16-18-20-22-24-26-28-30-32-34-36-39-50(9,40-37-35-33-31-29-27-25-23-21-19-17-15-13-11-2)41-38-47-42(48-43(51)53-45(3,4)5)49-44(52)54-46(6,7)8/h10-41H2,1-9H3,(H-,47,48,49,51,52)/p+1. The van der Waals surface area contributed by atoms with E-state index in [0.29, 0.717) is 6.54 Å². The number of amides is 2. The number of hydrogen-bond acceptors (Lipinski definition) is 5. The Labute approximate surface area is 336 Å². The van der Waals surface area contributed by atoms with Crippen molar-refractivity contribution in [1.82, 2.24) is 10.6 Å². The number of quaternary nitrogens is 1. The zero-order valence-corrected chi connectivity index (χ0v) is 37.7. The first-order chi connectivity index (χ1) is 25.7. The Kier molecular flexibility index (Phi) is 32.2. The fourth-order valence-corrected chi connectivity index (χ4v) is 7.03. The van der Waals surface area contributed by atoms with Gasteiger partial charge in [0.2, 0.25) is 5.96 Å². The zero-order chi connectivity index (χ0) is 40.4. The molecule has 54 heavy (non-hydrogen) atoms. The van der Waals surface area contributed by atoms with Gasteiger partial charge in [0.1, 0.15) is 11.2 Å². The maximum Gasteiger partial charge on any atom is 0.414 e. The first kappa shape index (κ1) is 52.2. The summed E-state index contributed by atoms with van der Waals surface area (Å²) in [6.07, 6.45) is 36.9. The van der Waals surface area contributed by atoms with E-state index >= 15 is 0 Å². The van der Waals surface area contributed by atoms with Gasteiger partial charge < -0.3 is 14.0 Å². The van der Waals surface area contributed by atoms with Crippen molar-refractivity contribution >= 4 is 18.1 Å². The Morgan fingerprint density at radius 1 is 0.444 bits per heavy atom. The minimum atomic E-state index is -0.669. The number of carbonyl (C=O) groups is 2. The Bertz CT molecular complexity index is 861. The molecule has 0 spiro atoms. The van der Waals surface area contributed by atoms with Gasteiger partial charge in [-0.3, -0.25) is 10.6 Å². The summed E-state index contributed by atoms with van der Waals surface area (Å²) < 4.78 is 11.8. The van der Waals surface area contributed by atoms with Gasteiger partial charge in [-0.2, -0.15) is 0 Å². The van der Waals surface area contributed by atoms with Crippen LogP contribution in [0.3, 0.4) is 0 Å². The Morgan fingerprint density at radius 2 is 0.704 bits per heavy atom. The predicted octanol–water partition coefficient (Wildman–Crippen LogP) is 13.8. The minimum absolute atomic E-state index is 0.0676. The second kappa shape index (κ2) is 33.3. The van der Waals surface area contributed by atoms with E-state index in [0.717, 1.165) is 24.1 Å².